The lowest BCUT2D eigenvalue weighted by molar-refractivity contribution is 0.0715. The number of methoxy groups -OCH3 is 1. The first kappa shape index (κ1) is 13.0. The molecule has 1 aliphatic rings. The molecule has 1 aliphatic heterocycles. The fourth-order valence-corrected chi connectivity index (χ4v) is 2.92. The summed E-state index contributed by atoms with van der Waals surface area (Å²) in [5.74, 6) is 0.961. The Hall–Kier alpha value is -1.97. The van der Waals surface area contributed by atoms with Gasteiger partial charge in [-0.15, -0.1) is 0 Å². The smallest absolute Gasteiger partial charge is 0.270 e. The summed E-state index contributed by atoms with van der Waals surface area (Å²) in [6, 6.07) is 7.87. The van der Waals surface area contributed by atoms with Crippen molar-refractivity contribution in [3.63, 3.8) is 0 Å². The number of benzene rings is 1. The van der Waals surface area contributed by atoms with Crippen molar-refractivity contribution in [3.05, 3.63) is 30.0 Å². The molecule has 1 saturated heterocycles. The van der Waals surface area contributed by atoms with Gasteiger partial charge in [0.25, 0.3) is 5.91 Å². The molecule has 2 heterocycles. The number of aromatic nitrogens is 1. The van der Waals surface area contributed by atoms with Crippen LogP contribution in [-0.2, 0) is 7.05 Å². The molecule has 1 aromatic heterocycles. The molecule has 0 atom stereocenters. The highest BCUT2D eigenvalue weighted by Gasteiger charge is 2.21. The number of rotatable bonds is 2. The Labute approximate surface area is 118 Å². The Balaban J connectivity index is 1.98. The molecule has 1 amide bonds. The first-order valence-corrected chi connectivity index (χ1v) is 7.13. The van der Waals surface area contributed by atoms with Crippen molar-refractivity contribution in [2.75, 3.05) is 20.2 Å². The van der Waals surface area contributed by atoms with Crippen LogP contribution in [0.3, 0.4) is 0 Å². The van der Waals surface area contributed by atoms with E-state index < -0.39 is 0 Å². The number of carbonyl (C=O) groups excluding carboxylic acids is 1. The van der Waals surface area contributed by atoms with Crippen LogP contribution >= 0.6 is 0 Å². The van der Waals surface area contributed by atoms with Crippen LogP contribution in [0.1, 0.15) is 29.8 Å². The molecule has 0 aliphatic carbocycles. The second-order valence-electron chi connectivity index (χ2n) is 5.37. The number of hydrogen-bond donors (Lipinski definition) is 0. The average Bonchev–Trinajstić information content (AvgIpc) is 2.84. The van der Waals surface area contributed by atoms with Gasteiger partial charge in [0.05, 0.1) is 7.11 Å². The maximum absolute atomic E-state index is 12.6. The zero-order chi connectivity index (χ0) is 14.1. The lowest BCUT2D eigenvalue weighted by Crippen LogP contribution is -2.36. The third kappa shape index (κ3) is 2.15. The minimum atomic E-state index is 0.141. The van der Waals surface area contributed by atoms with Crippen molar-refractivity contribution >= 4 is 16.8 Å². The molecule has 4 heteroatoms. The van der Waals surface area contributed by atoms with Gasteiger partial charge in [0.2, 0.25) is 0 Å². The molecule has 0 spiro atoms. The van der Waals surface area contributed by atoms with Gasteiger partial charge >= 0.3 is 0 Å². The Morgan fingerprint density at radius 1 is 1.15 bits per heavy atom. The summed E-state index contributed by atoms with van der Waals surface area (Å²) in [7, 11) is 3.61. The van der Waals surface area contributed by atoms with Gasteiger partial charge in [0.15, 0.2) is 0 Å². The van der Waals surface area contributed by atoms with Gasteiger partial charge in [-0.1, -0.05) is 0 Å². The summed E-state index contributed by atoms with van der Waals surface area (Å²) in [4.78, 5) is 14.6. The van der Waals surface area contributed by atoms with E-state index in [9.17, 15) is 4.79 Å². The number of fused-ring (bicyclic) bond motifs is 1. The summed E-state index contributed by atoms with van der Waals surface area (Å²) >= 11 is 0. The third-order valence-electron chi connectivity index (χ3n) is 4.11. The largest absolute Gasteiger partial charge is 0.497 e. The monoisotopic (exact) mass is 272 g/mol. The quantitative estimate of drug-likeness (QED) is 0.842. The normalized spacial score (nSPS) is 15.6. The second kappa shape index (κ2) is 5.19. The van der Waals surface area contributed by atoms with Gasteiger partial charge < -0.3 is 14.2 Å². The Morgan fingerprint density at radius 2 is 1.90 bits per heavy atom. The van der Waals surface area contributed by atoms with Crippen LogP contribution in [0.2, 0.25) is 0 Å². The molecule has 20 heavy (non-hydrogen) atoms. The zero-order valence-electron chi connectivity index (χ0n) is 12.1. The first-order chi connectivity index (χ1) is 9.70. The Kier molecular flexibility index (Phi) is 3.38. The predicted octanol–water partition coefficient (Wildman–Crippen LogP) is 2.81. The van der Waals surface area contributed by atoms with Crippen LogP contribution in [0, 0.1) is 0 Å². The van der Waals surface area contributed by atoms with E-state index in [-0.39, 0.29) is 5.91 Å². The number of piperidine rings is 1. The lowest BCUT2D eigenvalue weighted by Gasteiger charge is -2.26. The Bertz CT molecular complexity index is 639. The molecular weight excluding hydrogens is 252 g/mol. The standard InChI is InChI=1S/C16H20N2O2/c1-17-14-7-6-13(20-2)10-12(14)11-15(17)16(19)18-8-4-3-5-9-18/h6-7,10-11H,3-5,8-9H2,1-2H3. The van der Waals surface area contributed by atoms with Crippen molar-refractivity contribution in [1.82, 2.24) is 9.47 Å². The van der Waals surface area contributed by atoms with Gasteiger partial charge in [-0.3, -0.25) is 4.79 Å². The number of ether oxygens (including phenoxy) is 1. The summed E-state index contributed by atoms with van der Waals surface area (Å²) in [6.07, 6.45) is 3.46. The summed E-state index contributed by atoms with van der Waals surface area (Å²) < 4.78 is 7.22. The molecule has 0 radical (unpaired) electrons. The number of carbonyl (C=O) groups is 1. The van der Waals surface area contributed by atoms with Crippen LogP contribution in [0.25, 0.3) is 10.9 Å². The number of hydrogen-bond acceptors (Lipinski definition) is 2. The van der Waals surface area contributed by atoms with E-state index in [1.807, 2.05) is 40.8 Å². The minimum absolute atomic E-state index is 0.141. The number of amides is 1. The molecule has 106 valence electrons. The van der Waals surface area contributed by atoms with Crippen LogP contribution in [0.15, 0.2) is 24.3 Å². The average molecular weight is 272 g/mol. The predicted molar refractivity (Wildman–Crippen MR) is 79.2 cm³/mol. The van der Waals surface area contributed by atoms with Crippen LogP contribution in [0.4, 0.5) is 0 Å². The third-order valence-corrected chi connectivity index (χ3v) is 4.11. The Morgan fingerprint density at radius 3 is 2.60 bits per heavy atom. The van der Waals surface area contributed by atoms with Crippen LogP contribution < -0.4 is 4.74 Å². The zero-order valence-corrected chi connectivity index (χ0v) is 12.1. The molecule has 1 fully saturated rings. The van der Waals surface area contributed by atoms with Gasteiger partial charge in [-0.05, 0) is 43.5 Å². The van der Waals surface area contributed by atoms with Crippen molar-refractivity contribution in [3.8, 4) is 5.75 Å². The molecule has 2 aromatic rings. The van der Waals surface area contributed by atoms with E-state index in [4.69, 9.17) is 4.74 Å². The molecule has 3 rings (SSSR count). The fraction of sp³-hybridized carbons (Fsp3) is 0.438. The number of likely N-dealkylation sites (tertiary alicyclic amines) is 1. The maximum Gasteiger partial charge on any atom is 0.270 e. The van der Waals surface area contributed by atoms with E-state index in [0.717, 1.165) is 48.3 Å². The van der Waals surface area contributed by atoms with Crippen molar-refractivity contribution in [2.24, 2.45) is 7.05 Å². The van der Waals surface area contributed by atoms with Gasteiger partial charge in [-0.2, -0.15) is 0 Å². The molecule has 4 nitrogen and oxygen atoms in total. The van der Waals surface area contributed by atoms with E-state index in [1.54, 1.807) is 7.11 Å². The first-order valence-electron chi connectivity index (χ1n) is 7.13. The molecule has 0 unspecified atom stereocenters. The summed E-state index contributed by atoms with van der Waals surface area (Å²) in [5, 5.41) is 1.05. The summed E-state index contributed by atoms with van der Waals surface area (Å²) in [5.41, 5.74) is 1.82. The SMILES string of the molecule is COc1ccc2c(c1)cc(C(=O)N1CCCCC1)n2C. The van der Waals surface area contributed by atoms with E-state index in [2.05, 4.69) is 0 Å². The second-order valence-corrected chi connectivity index (χ2v) is 5.37. The lowest BCUT2D eigenvalue weighted by atomic mass is 10.1. The minimum Gasteiger partial charge on any atom is -0.497 e. The maximum atomic E-state index is 12.6. The van der Waals surface area contributed by atoms with Gasteiger partial charge in [0.1, 0.15) is 11.4 Å². The van der Waals surface area contributed by atoms with E-state index >= 15 is 0 Å². The molecule has 0 N–H and O–H groups in total. The highest BCUT2D eigenvalue weighted by molar-refractivity contribution is 5.99. The highest BCUT2D eigenvalue weighted by Crippen LogP contribution is 2.25. The summed E-state index contributed by atoms with van der Waals surface area (Å²) in [6.45, 7) is 1.76. The topological polar surface area (TPSA) is 34.5 Å². The molecule has 0 saturated carbocycles. The van der Waals surface area contributed by atoms with Gasteiger partial charge in [0, 0.05) is 31.0 Å². The van der Waals surface area contributed by atoms with Crippen LogP contribution in [-0.4, -0.2) is 35.6 Å². The van der Waals surface area contributed by atoms with Crippen molar-refractivity contribution in [2.45, 2.75) is 19.3 Å². The molecule has 0 bridgehead atoms. The molecule has 1 aromatic carbocycles. The van der Waals surface area contributed by atoms with Gasteiger partial charge in [-0.25, -0.2) is 0 Å². The highest BCUT2D eigenvalue weighted by atomic mass is 16.5. The number of aryl methyl sites for hydroxylation is 1. The van der Waals surface area contributed by atoms with Crippen LogP contribution in [0.5, 0.6) is 5.75 Å². The van der Waals surface area contributed by atoms with Crippen molar-refractivity contribution < 1.29 is 9.53 Å². The number of nitrogens with zero attached hydrogens (tertiary/aromatic N) is 2. The van der Waals surface area contributed by atoms with E-state index in [0.29, 0.717) is 0 Å². The van der Waals surface area contributed by atoms with E-state index in [1.165, 1.54) is 6.42 Å². The van der Waals surface area contributed by atoms with Crippen molar-refractivity contribution in [1.29, 1.82) is 0 Å². The molecular formula is C16H20N2O2. The fourth-order valence-electron chi connectivity index (χ4n) is 2.92.